The zero-order chi connectivity index (χ0) is 30.1. The molecule has 1 atom stereocenters. The molecule has 1 unspecified atom stereocenters. The van der Waals surface area contributed by atoms with E-state index in [9.17, 15) is 19.2 Å². The molecule has 5 rings (SSSR count). The Hall–Kier alpha value is -2.98. The van der Waals surface area contributed by atoms with E-state index < -0.39 is 5.60 Å². The molecule has 0 aromatic heterocycles. The van der Waals surface area contributed by atoms with E-state index in [1.165, 1.54) is 12.8 Å². The summed E-state index contributed by atoms with van der Waals surface area (Å²) >= 11 is 0. The van der Waals surface area contributed by atoms with E-state index in [4.69, 9.17) is 4.74 Å². The van der Waals surface area contributed by atoms with Gasteiger partial charge in [-0.15, -0.1) is 0 Å². The van der Waals surface area contributed by atoms with Crippen molar-refractivity contribution in [3.8, 4) is 0 Å². The fraction of sp³-hybridized carbons (Fsp3) is 0.688. The third-order valence-electron chi connectivity index (χ3n) is 9.54. The molecule has 4 fully saturated rings. The predicted octanol–water partition coefficient (Wildman–Crippen LogP) is 3.29. The van der Waals surface area contributed by atoms with Gasteiger partial charge in [-0.3, -0.25) is 24.6 Å². The van der Waals surface area contributed by atoms with E-state index in [2.05, 4.69) is 21.2 Å². The Labute approximate surface area is 249 Å². The second-order valence-electron chi connectivity index (χ2n) is 14.0. The number of nitrogens with one attached hydrogen (secondary N) is 1. The molecule has 0 radical (unpaired) electrons. The van der Waals surface area contributed by atoms with Crippen LogP contribution in [0.5, 0.6) is 0 Å². The molecule has 10 nitrogen and oxygen atoms in total. The fourth-order valence-electron chi connectivity index (χ4n) is 6.98. The topological polar surface area (TPSA) is 102 Å². The Morgan fingerprint density at radius 1 is 1.10 bits per heavy atom. The van der Waals surface area contributed by atoms with Crippen molar-refractivity contribution in [1.82, 2.24) is 20.0 Å². The normalized spacial score (nSPS) is 23.6. The summed E-state index contributed by atoms with van der Waals surface area (Å²) in [5.41, 5.74) is 2.52. The minimum absolute atomic E-state index is 0.190. The molecule has 4 heterocycles. The van der Waals surface area contributed by atoms with Gasteiger partial charge < -0.3 is 19.4 Å². The third kappa shape index (κ3) is 7.14. The number of anilines is 1. The first kappa shape index (κ1) is 30.5. The van der Waals surface area contributed by atoms with Gasteiger partial charge in [0.15, 0.2) is 0 Å². The zero-order valence-corrected chi connectivity index (χ0v) is 25.7. The maximum Gasteiger partial charge on any atom is 0.410 e. The van der Waals surface area contributed by atoms with Gasteiger partial charge >= 0.3 is 6.09 Å². The van der Waals surface area contributed by atoms with Crippen molar-refractivity contribution in [3.05, 3.63) is 29.3 Å². The quantitative estimate of drug-likeness (QED) is 0.387. The summed E-state index contributed by atoms with van der Waals surface area (Å²) in [7, 11) is 1.86. The van der Waals surface area contributed by atoms with Crippen LogP contribution < -0.4 is 10.2 Å². The molecule has 10 heteroatoms. The average molecular weight is 582 g/mol. The predicted molar refractivity (Wildman–Crippen MR) is 160 cm³/mol. The zero-order valence-electron chi connectivity index (χ0n) is 25.7. The number of ether oxygens (including phenoxy) is 1. The SMILES string of the molecule is CN(Cc1ccc(N2CC3(CCN(CC4CCN(C(=O)OC(C)(C)C)CC4)CC3)C2)cc1C=O)C1CCC(=O)NC1=O. The molecule has 230 valence electrons. The lowest BCUT2D eigenvalue weighted by Crippen LogP contribution is -2.60. The number of hydrogen-bond donors (Lipinski definition) is 1. The maximum absolute atomic E-state index is 12.4. The minimum atomic E-state index is -0.453. The molecule has 42 heavy (non-hydrogen) atoms. The molecule has 4 saturated heterocycles. The number of carbonyl (C=O) groups excluding carboxylic acids is 4. The minimum Gasteiger partial charge on any atom is -0.444 e. The van der Waals surface area contributed by atoms with Crippen molar-refractivity contribution >= 4 is 29.9 Å². The van der Waals surface area contributed by atoms with Crippen LogP contribution in [0.25, 0.3) is 0 Å². The van der Waals surface area contributed by atoms with Crippen LogP contribution in [0.3, 0.4) is 0 Å². The summed E-state index contributed by atoms with van der Waals surface area (Å²) in [6.45, 7) is 13.1. The number of aldehydes is 1. The smallest absolute Gasteiger partial charge is 0.410 e. The van der Waals surface area contributed by atoms with Crippen molar-refractivity contribution in [3.63, 3.8) is 0 Å². The van der Waals surface area contributed by atoms with Crippen molar-refractivity contribution in [2.24, 2.45) is 11.3 Å². The monoisotopic (exact) mass is 581 g/mol. The molecule has 1 aromatic rings. The summed E-state index contributed by atoms with van der Waals surface area (Å²) in [6.07, 6.45) is 6.00. The maximum atomic E-state index is 12.4. The van der Waals surface area contributed by atoms with E-state index in [0.29, 0.717) is 36.3 Å². The van der Waals surface area contributed by atoms with Gasteiger partial charge in [-0.05, 0) is 96.6 Å². The fourth-order valence-corrected chi connectivity index (χ4v) is 6.98. The largest absolute Gasteiger partial charge is 0.444 e. The molecule has 4 aliphatic rings. The summed E-state index contributed by atoms with van der Waals surface area (Å²) < 4.78 is 5.54. The highest BCUT2D eigenvalue weighted by Crippen LogP contribution is 2.43. The first-order valence-corrected chi connectivity index (χ1v) is 15.5. The number of hydrogen-bond acceptors (Lipinski definition) is 8. The summed E-state index contributed by atoms with van der Waals surface area (Å²) in [5, 5.41) is 2.41. The van der Waals surface area contributed by atoms with Gasteiger partial charge in [0.25, 0.3) is 0 Å². The van der Waals surface area contributed by atoms with Gasteiger partial charge in [0.2, 0.25) is 11.8 Å². The Kier molecular flexibility index (Phi) is 8.94. The van der Waals surface area contributed by atoms with Crippen LogP contribution in [0.2, 0.25) is 0 Å². The van der Waals surface area contributed by atoms with Gasteiger partial charge in [0.05, 0.1) is 6.04 Å². The van der Waals surface area contributed by atoms with Crippen molar-refractivity contribution < 1.29 is 23.9 Å². The molecule has 1 N–H and O–H groups in total. The highest BCUT2D eigenvalue weighted by Gasteiger charge is 2.45. The summed E-state index contributed by atoms with van der Waals surface area (Å²) in [6, 6.07) is 5.70. The van der Waals surface area contributed by atoms with Crippen molar-refractivity contribution in [1.29, 1.82) is 0 Å². The lowest BCUT2D eigenvalue weighted by molar-refractivity contribution is -0.137. The summed E-state index contributed by atoms with van der Waals surface area (Å²) in [4.78, 5) is 56.9. The lowest BCUT2D eigenvalue weighted by Gasteiger charge is -2.55. The molecule has 1 spiro atoms. The number of carbonyl (C=O) groups is 4. The van der Waals surface area contributed by atoms with Gasteiger partial charge in [0.1, 0.15) is 11.9 Å². The molecule has 0 saturated carbocycles. The van der Waals surface area contributed by atoms with Gasteiger partial charge in [-0.25, -0.2) is 4.79 Å². The molecule has 4 aliphatic heterocycles. The second-order valence-corrected chi connectivity index (χ2v) is 14.0. The number of rotatable bonds is 7. The van der Waals surface area contributed by atoms with Crippen LogP contribution in [-0.2, 0) is 20.9 Å². The van der Waals surface area contributed by atoms with Crippen LogP contribution in [0.4, 0.5) is 10.5 Å². The van der Waals surface area contributed by atoms with Crippen LogP contribution in [0.15, 0.2) is 18.2 Å². The molecule has 1 aromatic carbocycles. The average Bonchev–Trinajstić information content (AvgIpc) is 2.92. The third-order valence-corrected chi connectivity index (χ3v) is 9.54. The Balaban J connectivity index is 1.06. The van der Waals surface area contributed by atoms with Gasteiger partial charge in [0, 0.05) is 62.4 Å². The van der Waals surface area contributed by atoms with E-state index in [1.807, 2.05) is 49.8 Å². The van der Waals surface area contributed by atoms with Crippen LogP contribution >= 0.6 is 0 Å². The number of likely N-dealkylation sites (N-methyl/N-ethyl adjacent to an activating group) is 1. The molecule has 3 amide bonds. The van der Waals surface area contributed by atoms with Gasteiger partial charge in [-0.2, -0.15) is 0 Å². The number of benzene rings is 1. The highest BCUT2D eigenvalue weighted by atomic mass is 16.6. The number of likely N-dealkylation sites (tertiary alicyclic amines) is 2. The highest BCUT2D eigenvalue weighted by molar-refractivity contribution is 6.00. The Morgan fingerprint density at radius 3 is 2.40 bits per heavy atom. The van der Waals surface area contributed by atoms with E-state index in [-0.39, 0.29) is 23.9 Å². The molecular formula is C32H47N5O5. The second kappa shape index (κ2) is 12.3. The Morgan fingerprint density at radius 2 is 1.79 bits per heavy atom. The summed E-state index contributed by atoms with van der Waals surface area (Å²) in [5.74, 6) is 0.140. The molecular weight excluding hydrogens is 534 g/mol. The van der Waals surface area contributed by atoms with Crippen LogP contribution in [0, 0.1) is 11.3 Å². The van der Waals surface area contributed by atoms with Crippen molar-refractivity contribution in [2.75, 3.05) is 57.8 Å². The van der Waals surface area contributed by atoms with Crippen molar-refractivity contribution in [2.45, 2.75) is 77.5 Å². The number of imide groups is 1. The van der Waals surface area contributed by atoms with Gasteiger partial charge in [-0.1, -0.05) is 6.07 Å². The number of amides is 3. The first-order valence-electron chi connectivity index (χ1n) is 15.5. The van der Waals surface area contributed by atoms with Crippen LogP contribution in [-0.4, -0.2) is 103 Å². The van der Waals surface area contributed by atoms with E-state index in [1.54, 1.807) is 0 Å². The number of nitrogens with zero attached hydrogens (tertiary/aromatic N) is 4. The van der Waals surface area contributed by atoms with E-state index in [0.717, 1.165) is 76.2 Å². The molecule has 0 aliphatic carbocycles. The standard InChI is InChI=1S/C32H47N5O5/c1-31(2,3)42-30(41)36-13-9-23(10-14-36)18-35-15-11-32(12-16-35)21-37(22-32)26-6-5-24(25(17-26)20-38)19-34(4)27-7-8-28(39)33-29(27)40/h5-6,17,20,23,27H,7-16,18-19,21-22H2,1-4H3,(H,33,39,40). The lowest BCUT2D eigenvalue weighted by atomic mass is 9.71. The Bertz CT molecular complexity index is 1170. The first-order chi connectivity index (χ1) is 19.9. The van der Waals surface area contributed by atoms with Crippen LogP contribution in [0.1, 0.15) is 75.2 Å². The molecule has 0 bridgehead atoms. The van der Waals surface area contributed by atoms with E-state index >= 15 is 0 Å². The number of piperidine rings is 3.